The Kier molecular flexibility index (Phi) is 3.65. The molecule has 2 N–H and O–H groups in total. The Morgan fingerprint density at radius 2 is 2.05 bits per heavy atom. The highest BCUT2D eigenvalue weighted by Crippen LogP contribution is 2.35. The van der Waals surface area contributed by atoms with Crippen LogP contribution in [0.3, 0.4) is 0 Å². The average molecular weight is 279 g/mol. The molecule has 20 heavy (non-hydrogen) atoms. The Hall–Kier alpha value is -2.50. The first-order valence-corrected chi connectivity index (χ1v) is 5.83. The zero-order valence-electron chi connectivity index (χ0n) is 11.3. The molecule has 0 saturated heterocycles. The standard InChI is InChI=1S/C14H14FNO4/c1-7-11(14(18)20-3)13(17)12(16-7)8-4-5-10(19-2)9(15)6-8/h4-6,16-17H,1-3H3. The van der Waals surface area contributed by atoms with Gasteiger partial charge in [-0.2, -0.15) is 0 Å². The van der Waals surface area contributed by atoms with Crippen molar-refractivity contribution in [3.05, 3.63) is 35.3 Å². The van der Waals surface area contributed by atoms with Gasteiger partial charge >= 0.3 is 5.97 Å². The maximum absolute atomic E-state index is 13.7. The van der Waals surface area contributed by atoms with Crippen LogP contribution in [-0.2, 0) is 4.74 Å². The van der Waals surface area contributed by atoms with Crippen LogP contribution in [0.5, 0.6) is 11.5 Å². The van der Waals surface area contributed by atoms with Crippen molar-refractivity contribution < 1.29 is 23.8 Å². The molecule has 0 aliphatic heterocycles. The molecule has 2 aromatic rings. The van der Waals surface area contributed by atoms with Crippen molar-refractivity contribution in [3.63, 3.8) is 0 Å². The van der Waals surface area contributed by atoms with Crippen molar-refractivity contribution in [1.29, 1.82) is 0 Å². The average Bonchev–Trinajstić information content (AvgIpc) is 2.73. The zero-order chi connectivity index (χ0) is 14.9. The number of nitrogens with one attached hydrogen (secondary N) is 1. The number of aromatic amines is 1. The zero-order valence-corrected chi connectivity index (χ0v) is 11.3. The SMILES string of the molecule is COC(=O)c1c(C)[nH]c(-c2ccc(OC)c(F)c2)c1O. The summed E-state index contributed by atoms with van der Waals surface area (Å²) in [6.07, 6.45) is 0. The minimum absolute atomic E-state index is 0.0405. The van der Waals surface area contributed by atoms with E-state index in [4.69, 9.17) is 4.74 Å². The third-order valence-corrected chi connectivity index (χ3v) is 2.99. The molecule has 5 nitrogen and oxygen atoms in total. The van der Waals surface area contributed by atoms with Crippen molar-refractivity contribution >= 4 is 5.97 Å². The van der Waals surface area contributed by atoms with E-state index in [1.807, 2.05) is 0 Å². The summed E-state index contributed by atoms with van der Waals surface area (Å²) in [7, 11) is 2.59. The van der Waals surface area contributed by atoms with Gasteiger partial charge in [-0.25, -0.2) is 9.18 Å². The summed E-state index contributed by atoms with van der Waals surface area (Å²) in [5.41, 5.74) is 1.14. The van der Waals surface area contributed by atoms with E-state index in [-0.39, 0.29) is 22.8 Å². The molecule has 0 aliphatic carbocycles. The highest BCUT2D eigenvalue weighted by molar-refractivity contribution is 5.96. The Morgan fingerprint density at radius 3 is 2.60 bits per heavy atom. The lowest BCUT2D eigenvalue weighted by molar-refractivity contribution is 0.0597. The molecule has 0 saturated carbocycles. The lowest BCUT2D eigenvalue weighted by Gasteiger charge is -2.04. The summed E-state index contributed by atoms with van der Waals surface area (Å²) in [6.45, 7) is 1.62. The second kappa shape index (κ2) is 5.24. The van der Waals surface area contributed by atoms with Gasteiger partial charge in [-0.1, -0.05) is 0 Å². The number of rotatable bonds is 3. The van der Waals surface area contributed by atoms with Gasteiger partial charge in [-0.3, -0.25) is 0 Å². The number of esters is 1. The number of aromatic nitrogens is 1. The van der Waals surface area contributed by atoms with Gasteiger partial charge < -0.3 is 19.6 Å². The van der Waals surface area contributed by atoms with Crippen LogP contribution in [0.25, 0.3) is 11.3 Å². The number of aryl methyl sites for hydroxylation is 1. The first kappa shape index (κ1) is 13.9. The van der Waals surface area contributed by atoms with Crippen molar-refractivity contribution in [2.45, 2.75) is 6.92 Å². The minimum Gasteiger partial charge on any atom is -0.505 e. The minimum atomic E-state index is -0.656. The molecule has 6 heteroatoms. The molecule has 0 spiro atoms. The third kappa shape index (κ3) is 2.20. The molecule has 0 atom stereocenters. The van der Waals surface area contributed by atoms with Crippen LogP contribution in [0.15, 0.2) is 18.2 Å². The molecular weight excluding hydrogens is 265 g/mol. The largest absolute Gasteiger partial charge is 0.505 e. The number of H-pyrrole nitrogens is 1. The fourth-order valence-corrected chi connectivity index (χ4v) is 1.99. The number of hydrogen-bond acceptors (Lipinski definition) is 4. The molecule has 0 radical (unpaired) electrons. The molecule has 1 aromatic heterocycles. The number of carbonyl (C=O) groups excluding carboxylic acids is 1. The van der Waals surface area contributed by atoms with E-state index in [0.29, 0.717) is 11.3 Å². The summed E-state index contributed by atoms with van der Waals surface area (Å²) < 4.78 is 23.1. The molecule has 0 aliphatic rings. The summed E-state index contributed by atoms with van der Waals surface area (Å²) in [5, 5.41) is 10.1. The van der Waals surface area contributed by atoms with Gasteiger partial charge in [0.05, 0.1) is 19.9 Å². The first-order valence-electron chi connectivity index (χ1n) is 5.83. The van der Waals surface area contributed by atoms with E-state index in [1.165, 1.54) is 26.4 Å². The van der Waals surface area contributed by atoms with Gasteiger partial charge in [-0.15, -0.1) is 0 Å². The molecule has 0 amide bonds. The second-order valence-corrected chi connectivity index (χ2v) is 4.19. The van der Waals surface area contributed by atoms with Crippen molar-refractivity contribution in [3.8, 4) is 22.8 Å². The van der Waals surface area contributed by atoms with Gasteiger partial charge in [0, 0.05) is 11.3 Å². The molecule has 0 fully saturated rings. The number of carbonyl (C=O) groups is 1. The summed E-state index contributed by atoms with van der Waals surface area (Å²) in [5.74, 6) is -1.38. The fourth-order valence-electron chi connectivity index (χ4n) is 1.99. The Labute approximate surface area is 115 Å². The fraction of sp³-hybridized carbons (Fsp3) is 0.214. The molecule has 2 rings (SSSR count). The van der Waals surface area contributed by atoms with Crippen LogP contribution < -0.4 is 4.74 Å². The Balaban J connectivity index is 2.54. The monoisotopic (exact) mass is 279 g/mol. The first-order chi connectivity index (χ1) is 9.49. The van der Waals surface area contributed by atoms with Crippen molar-refractivity contribution in [1.82, 2.24) is 4.98 Å². The van der Waals surface area contributed by atoms with E-state index in [1.54, 1.807) is 13.0 Å². The van der Waals surface area contributed by atoms with Gasteiger partial charge in [0.25, 0.3) is 0 Å². The Bertz CT molecular complexity index is 663. The van der Waals surface area contributed by atoms with Crippen LogP contribution in [0.2, 0.25) is 0 Å². The van der Waals surface area contributed by atoms with Crippen LogP contribution in [-0.4, -0.2) is 30.3 Å². The molecule has 1 heterocycles. The normalized spacial score (nSPS) is 10.4. The van der Waals surface area contributed by atoms with Crippen LogP contribution in [0, 0.1) is 12.7 Å². The van der Waals surface area contributed by atoms with Gasteiger partial charge in [0.15, 0.2) is 17.3 Å². The third-order valence-electron chi connectivity index (χ3n) is 2.99. The number of benzene rings is 1. The Morgan fingerprint density at radius 1 is 1.35 bits per heavy atom. The molecule has 1 aromatic carbocycles. The van der Waals surface area contributed by atoms with E-state index in [9.17, 15) is 14.3 Å². The quantitative estimate of drug-likeness (QED) is 0.847. The highest BCUT2D eigenvalue weighted by atomic mass is 19.1. The van der Waals surface area contributed by atoms with Gasteiger partial charge in [0.2, 0.25) is 0 Å². The predicted octanol–water partition coefficient (Wildman–Crippen LogP) is 2.63. The van der Waals surface area contributed by atoms with Crippen molar-refractivity contribution in [2.75, 3.05) is 14.2 Å². The maximum Gasteiger partial charge on any atom is 0.343 e. The predicted molar refractivity (Wildman–Crippen MR) is 70.5 cm³/mol. The number of methoxy groups -OCH3 is 2. The highest BCUT2D eigenvalue weighted by Gasteiger charge is 2.22. The van der Waals surface area contributed by atoms with Gasteiger partial charge in [-0.05, 0) is 25.1 Å². The number of halogens is 1. The van der Waals surface area contributed by atoms with Gasteiger partial charge in [0.1, 0.15) is 5.56 Å². The molecule has 0 bridgehead atoms. The van der Waals surface area contributed by atoms with Crippen LogP contribution in [0.4, 0.5) is 4.39 Å². The van der Waals surface area contributed by atoms with E-state index < -0.39 is 11.8 Å². The second-order valence-electron chi connectivity index (χ2n) is 4.19. The van der Waals surface area contributed by atoms with Crippen LogP contribution in [0.1, 0.15) is 16.1 Å². The van der Waals surface area contributed by atoms with E-state index in [0.717, 1.165) is 0 Å². The lowest BCUT2D eigenvalue weighted by atomic mass is 10.1. The lowest BCUT2D eigenvalue weighted by Crippen LogP contribution is -2.01. The van der Waals surface area contributed by atoms with Crippen LogP contribution >= 0.6 is 0 Å². The molecule has 106 valence electrons. The van der Waals surface area contributed by atoms with E-state index >= 15 is 0 Å². The summed E-state index contributed by atoms with van der Waals surface area (Å²) >= 11 is 0. The van der Waals surface area contributed by atoms with Crippen molar-refractivity contribution in [2.24, 2.45) is 0 Å². The maximum atomic E-state index is 13.7. The summed E-state index contributed by atoms with van der Waals surface area (Å²) in [6, 6.07) is 4.23. The molecular formula is C14H14FNO4. The molecule has 0 unspecified atom stereocenters. The summed E-state index contributed by atoms with van der Waals surface area (Å²) in [4.78, 5) is 14.4. The topological polar surface area (TPSA) is 71.6 Å². The number of ether oxygens (including phenoxy) is 2. The smallest absolute Gasteiger partial charge is 0.343 e. The van der Waals surface area contributed by atoms with E-state index in [2.05, 4.69) is 9.72 Å². The number of aromatic hydroxyl groups is 1. The number of hydrogen-bond donors (Lipinski definition) is 2.